The van der Waals surface area contributed by atoms with Crippen LogP contribution in [0.3, 0.4) is 0 Å². The molecule has 1 fully saturated rings. The first-order valence-electron chi connectivity index (χ1n) is 7.75. The van der Waals surface area contributed by atoms with Crippen LogP contribution < -0.4 is 4.90 Å². The lowest BCUT2D eigenvalue weighted by Gasteiger charge is -2.35. The lowest BCUT2D eigenvalue weighted by atomic mass is 10.1. The van der Waals surface area contributed by atoms with E-state index in [1.807, 2.05) is 19.9 Å². The first-order valence-corrected chi connectivity index (χ1v) is 7.75. The third kappa shape index (κ3) is 3.34. The second-order valence-electron chi connectivity index (χ2n) is 5.82. The summed E-state index contributed by atoms with van der Waals surface area (Å²) >= 11 is 0. The number of anilines is 1. The Balaban J connectivity index is 1.68. The summed E-state index contributed by atoms with van der Waals surface area (Å²) in [5.41, 5.74) is 1.06. The molecule has 2 heterocycles. The Morgan fingerprint density at radius 2 is 1.71 bits per heavy atom. The molecule has 24 heavy (non-hydrogen) atoms. The van der Waals surface area contributed by atoms with Crippen LogP contribution >= 0.6 is 0 Å². The van der Waals surface area contributed by atoms with Crippen LogP contribution in [0, 0.1) is 25.5 Å². The van der Waals surface area contributed by atoms with Crippen molar-refractivity contribution in [3.05, 3.63) is 53.0 Å². The SMILES string of the molecule is Cc1cc(N2CCN(C(=O)c3ccc(F)c(F)c3)CC2)nc(C)n1. The number of carbonyl (C=O) groups is 1. The fraction of sp³-hybridized carbons (Fsp3) is 0.353. The van der Waals surface area contributed by atoms with Gasteiger partial charge in [-0.3, -0.25) is 4.79 Å². The summed E-state index contributed by atoms with van der Waals surface area (Å²) in [6.07, 6.45) is 0. The van der Waals surface area contributed by atoms with Crippen LogP contribution in [0.4, 0.5) is 14.6 Å². The minimum Gasteiger partial charge on any atom is -0.353 e. The molecular weight excluding hydrogens is 314 g/mol. The van der Waals surface area contributed by atoms with Crippen LogP contribution in [-0.2, 0) is 0 Å². The number of amides is 1. The maximum atomic E-state index is 13.3. The van der Waals surface area contributed by atoms with E-state index in [9.17, 15) is 13.6 Å². The number of hydrogen-bond acceptors (Lipinski definition) is 4. The first-order chi connectivity index (χ1) is 11.4. The van der Waals surface area contributed by atoms with Gasteiger partial charge >= 0.3 is 0 Å². The minimum absolute atomic E-state index is 0.163. The average molecular weight is 332 g/mol. The van der Waals surface area contributed by atoms with Crippen LogP contribution in [0.5, 0.6) is 0 Å². The van der Waals surface area contributed by atoms with Crippen LogP contribution in [0.1, 0.15) is 21.9 Å². The molecular formula is C17H18F2N4O. The Hall–Kier alpha value is -2.57. The van der Waals surface area contributed by atoms with Crippen molar-refractivity contribution in [1.82, 2.24) is 14.9 Å². The van der Waals surface area contributed by atoms with Crippen molar-refractivity contribution in [2.75, 3.05) is 31.1 Å². The van der Waals surface area contributed by atoms with E-state index in [0.29, 0.717) is 32.0 Å². The molecule has 1 aromatic heterocycles. The normalized spacial score (nSPS) is 14.8. The molecule has 0 spiro atoms. The molecule has 1 aliphatic rings. The van der Waals surface area contributed by atoms with Crippen LogP contribution in [0.25, 0.3) is 0 Å². The number of benzene rings is 1. The summed E-state index contributed by atoms with van der Waals surface area (Å²) < 4.78 is 26.3. The molecule has 0 bridgehead atoms. The van der Waals surface area contributed by atoms with Crippen molar-refractivity contribution < 1.29 is 13.6 Å². The largest absolute Gasteiger partial charge is 0.353 e. The van der Waals surface area contributed by atoms with E-state index in [4.69, 9.17) is 0 Å². The van der Waals surface area contributed by atoms with Crippen molar-refractivity contribution in [3.63, 3.8) is 0 Å². The highest BCUT2D eigenvalue weighted by Gasteiger charge is 2.23. The summed E-state index contributed by atoms with van der Waals surface area (Å²) in [4.78, 5) is 24.8. The van der Waals surface area contributed by atoms with Crippen molar-refractivity contribution in [2.24, 2.45) is 0 Å². The zero-order chi connectivity index (χ0) is 17.3. The fourth-order valence-electron chi connectivity index (χ4n) is 2.81. The molecule has 1 aromatic carbocycles. The predicted octanol–water partition coefficient (Wildman–Crippen LogP) is 2.33. The summed E-state index contributed by atoms with van der Waals surface area (Å²) in [5, 5.41) is 0. The second kappa shape index (κ2) is 6.51. The summed E-state index contributed by atoms with van der Waals surface area (Å²) in [6, 6.07) is 5.15. The lowest BCUT2D eigenvalue weighted by Crippen LogP contribution is -2.49. The standard InChI is InChI=1S/C17H18F2N4O/c1-11-9-16(21-12(2)20-11)22-5-7-23(8-6-22)17(24)13-3-4-14(18)15(19)10-13/h3-4,9-10H,5-8H2,1-2H3. The molecule has 126 valence electrons. The number of rotatable bonds is 2. The van der Waals surface area contributed by atoms with Gasteiger partial charge in [-0.25, -0.2) is 18.7 Å². The predicted molar refractivity (Wildman–Crippen MR) is 86.0 cm³/mol. The number of hydrogen-bond donors (Lipinski definition) is 0. The number of nitrogens with zero attached hydrogens (tertiary/aromatic N) is 4. The highest BCUT2D eigenvalue weighted by atomic mass is 19.2. The molecule has 0 radical (unpaired) electrons. The smallest absolute Gasteiger partial charge is 0.254 e. The maximum absolute atomic E-state index is 13.3. The van der Waals surface area contributed by atoms with E-state index < -0.39 is 11.6 Å². The Bertz CT molecular complexity index is 753. The van der Waals surface area contributed by atoms with Crippen LogP contribution in [-0.4, -0.2) is 47.0 Å². The van der Waals surface area contributed by atoms with Crippen molar-refractivity contribution in [2.45, 2.75) is 13.8 Å². The molecule has 0 unspecified atom stereocenters. The first kappa shape index (κ1) is 16.3. The zero-order valence-electron chi connectivity index (χ0n) is 13.6. The van der Waals surface area contributed by atoms with Gasteiger partial charge in [0.1, 0.15) is 11.6 Å². The van der Waals surface area contributed by atoms with Gasteiger partial charge in [-0.05, 0) is 32.0 Å². The molecule has 7 heteroatoms. The van der Waals surface area contributed by atoms with E-state index in [0.717, 1.165) is 23.6 Å². The highest BCUT2D eigenvalue weighted by molar-refractivity contribution is 5.94. The summed E-state index contributed by atoms with van der Waals surface area (Å²) in [6.45, 7) is 6.02. The number of piperazine rings is 1. The quantitative estimate of drug-likeness (QED) is 0.847. The third-order valence-electron chi connectivity index (χ3n) is 4.01. The highest BCUT2D eigenvalue weighted by Crippen LogP contribution is 2.17. The lowest BCUT2D eigenvalue weighted by molar-refractivity contribution is 0.0746. The van der Waals surface area contributed by atoms with E-state index >= 15 is 0 Å². The molecule has 0 saturated carbocycles. The van der Waals surface area contributed by atoms with Crippen LogP contribution in [0.15, 0.2) is 24.3 Å². The van der Waals surface area contributed by atoms with E-state index in [-0.39, 0.29) is 11.5 Å². The molecule has 1 aliphatic heterocycles. The summed E-state index contributed by atoms with van der Waals surface area (Å²) in [7, 11) is 0. The Morgan fingerprint density at radius 3 is 2.33 bits per heavy atom. The van der Waals surface area contributed by atoms with Gasteiger partial charge in [-0.15, -0.1) is 0 Å². The van der Waals surface area contributed by atoms with Gasteiger partial charge in [0.15, 0.2) is 11.6 Å². The average Bonchev–Trinajstić information content (AvgIpc) is 2.56. The minimum atomic E-state index is -1.01. The summed E-state index contributed by atoms with van der Waals surface area (Å²) in [5.74, 6) is -0.689. The van der Waals surface area contributed by atoms with Crippen LogP contribution in [0.2, 0.25) is 0 Å². The van der Waals surface area contributed by atoms with Crippen molar-refractivity contribution in [1.29, 1.82) is 0 Å². The molecule has 1 amide bonds. The molecule has 0 N–H and O–H groups in total. The van der Waals surface area contributed by atoms with Crippen molar-refractivity contribution >= 4 is 11.7 Å². The van der Waals surface area contributed by atoms with Crippen molar-refractivity contribution in [3.8, 4) is 0 Å². The third-order valence-corrected chi connectivity index (χ3v) is 4.01. The van der Waals surface area contributed by atoms with E-state index in [2.05, 4.69) is 14.9 Å². The molecule has 3 rings (SSSR count). The fourth-order valence-corrected chi connectivity index (χ4v) is 2.81. The maximum Gasteiger partial charge on any atom is 0.254 e. The monoisotopic (exact) mass is 332 g/mol. The van der Waals surface area contributed by atoms with Gasteiger partial charge in [0, 0.05) is 43.5 Å². The Kier molecular flexibility index (Phi) is 4.42. The van der Waals surface area contributed by atoms with Gasteiger partial charge in [-0.1, -0.05) is 0 Å². The number of aryl methyl sites for hydroxylation is 2. The van der Waals surface area contributed by atoms with Gasteiger partial charge in [0.05, 0.1) is 0 Å². The molecule has 5 nitrogen and oxygen atoms in total. The Labute approximate surface area is 138 Å². The van der Waals surface area contributed by atoms with Gasteiger partial charge in [0.2, 0.25) is 0 Å². The molecule has 0 aliphatic carbocycles. The molecule has 1 saturated heterocycles. The van der Waals surface area contributed by atoms with Gasteiger partial charge in [0.25, 0.3) is 5.91 Å². The topological polar surface area (TPSA) is 49.3 Å². The van der Waals surface area contributed by atoms with E-state index in [1.165, 1.54) is 6.07 Å². The second-order valence-corrected chi connectivity index (χ2v) is 5.82. The Morgan fingerprint density at radius 1 is 1.00 bits per heavy atom. The zero-order valence-corrected chi connectivity index (χ0v) is 13.6. The number of carbonyl (C=O) groups excluding carboxylic acids is 1. The number of halogens is 2. The van der Waals surface area contributed by atoms with E-state index in [1.54, 1.807) is 4.90 Å². The molecule has 2 aromatic rings. The van der Waals surface area contributed by atoms with Gasteiger partial charge in [-0.2, -0.15) is 0 Å². The molecule has 0 atom stereocenters. The number of aromatic nitrogens is 2. The van der Waals surface area contributed by atoms with Gasteiger partial charge < -0.3 is 9.80 Å².